The van der Waals surface area contributed by atoms with E-state index in [0.717, 1.165) is 0 Å². The number of hydrogen-bond donors (Lipinski definition) is 2. The van der Waals surface area contributed by atoms with Crippen LogP contribution < -0.4 is 20.1 Å². The minimum absolute atomic E-state index is 0.128. The molecule has 2 N–H and O–H groups in total. The first kappa shape index (κ1) is 16.7. The van der Waals surface area contributed by atoms with Crippen molar-refractivity contribution >= 4 is 29.1 Å². The average Bonchev–Trinajstić information content (AvgIpc) is 3.08. The van der Waals surface area contributed by atoms with Crippen LogP contribution in [0.3, 0.4) is 0 Å². The number of carbonyl (C=O) groups excluding carboxylic acids is 2. The maximum absolute atomic E-state index is 12.0. The number of ether oxygens (including phenoxy) is 2. The minimum atomic E-state index is -0.481. The number of hydrogen-bond acceptors (Lipinski definition) is 5. The largest absolute Gasteiger partial charge is 0.495 e. The van der Waals surface area contributed by atoms with E-state index in [0.29, 0.717) is 22.2 Å². The average molecular weight is 339 g/mol. The van der Waals surface area contributed by atoms with Gasteiger partial charge in [-0.1, -0.05) is 11.6 Å². The van der Waals surface area contributed by atoms with Crippen molar-refractivity contribution in [1.29, 1.82) is 0 Å². The second-order valence-electron chi connectivity index (χ2n) is 4.40. The lowest BCUT2D eigenvalue weighted by Crippen LogP contribution is -2.32. The third-order valence-corrected chi connectivity index (χ3v) is 3.20. The highest BCUT2D eigenvalue weighted by Crippen LogP contribution is 2.35. The van der Waals surface area contributed by atoms with E-state index in [4.69, 9.17) is 25.5 Å². The summed E-state index contributed by atoms with van der Waals surface area (Å²) in [4.78, 5) is 23.6. The normalized spacial score (nSPS) is 10.0. The number of halogens is 1. The molecule has 8 heteroatoms. The van der Waals surface area contributed by atoms with Crippen molar-refractivity contribution in [3.8, 4) is 11.5 Å². The fourth-order valence-electron chi connectivity index (χ4n) is 1.81. The summed E-state index contributed by atoms with van der Waals surface area (Å²) in [6.07, 6.45) is 1.37. The summed E-state index contributed by atoms with van der Waals surface area (Å²) < 4.78 is 15.2. The summed E-state index contributed by atoms with van der Waals surface area (Å²) in [6, 6.07) is 6.14. The van der Waals surface area contributed by atoms with Crippen LogP contribution in [0.25, 0.3) is 0 Å². The van der Waals surface area contributed by atoms with Gasteiger partial charge in [0.2, 0.25) is 5.91 Å². The molecule has 7 nitrogen and oxygen atoms in total. The first-order chi connectivity index (χ1) is 11.0. The topological polar surface area (TPSA) is 89.8 Å². The van der Waals surface area contributed by atoms with Crippen LogP contribution in [-0.4, -0.2) is 32.6 Å². The molecule has 0 saturated carbocycles. The second kappa shape index (κ2) is 7.55. The van der Waals surface area contributed by atoms with Gasteiger partial charge < -0.3 is 24.5 Å². The Morgan fingerprint density at radius 1 is 1.22 bits per heavy atom. The van der Waals surface area contributed by atoms with E-state index in [9.17, 15) is 9.59 Å². The quantitative estimate of drug-likeness (QED) is 0.843. The maximum Gasteiger partial charge on any atom is 0.287 e. The Morgan fingerprint density at radius 2 is 1.96 bits per heavy atom. The first-order valence-corrected chi connectivity index (χ1v) is 6.96. The molecule has 0 aliphatic carbocycles. The Bertz CT molecular complexity index is 700. The van der Waals surface area contributed by atoms with Crippen LogP contribution in [0.5, 0.6) is 11.5 Å². The predicted octanol–water partition coefficient (Wildman–Crippen LogP) is 2.32. The number of anilines is 1. The molecule has 0 unspecified atom stereocenters. The second-order valence-corrected chi connectivity index (χ2v) is 4.80. The van der Waals surface area contributed by atoms with Crippen LogP contribution in [-0.2, 0) is 4.79 Å². The summed E-state index contributed by atoms with van der Waals surface area (Å²) >= 11 is 5.99. The molecule has 2 rings (SSSR count). The molecule has 0 saturated heterocycles. The molecule has 0 atom stereocenters. The van der Waals surface area contributed by atoms with Crippen molar-refractivity contribution in [3.05, 3.63) is 41.3 Å². The molecule has 2 amide bonds. The number of furan rings is 1. The highest BCUT2D eigenvalue weighted by atomic mass is 35.5. The molecule has 0 aliphatic heterocycles. The van der Waals surface area contributed by atoms with Crippen molar-refractivity contribution in [2.24, 2.45) is 0 Å². The third-order valence-electron chi connectivity index (χ3n) is 2.90. The molecular weight excluding hydrogens is 324 g/mol. The van der Waals surface area contributed by atoms with Crippen molar-refractivity contribution in [2.45, 2.75) is 0 Å². The number of amides is 2. The van der Waals surface area contributed by atoms with Gasteiger partial charge >= 0.3 is 0 Å². The highest BCUT2D eigenvalue weighted by molar-refractivity contribution is 6.32. The van der Waals surface area contributed by atoms with Gasteiger partial charge in [0, 0.05) is 12.1 Å². The van der Waals surface area contributed by atoms with E-state index < -0.39 is 11.8 Å². The Morgan fingerprint density at radius 3 is 2.57 bits per heavy atom. The standard InChI is InChI=1S/C15H15ClN2O5/c1-21-12-7-10(13(22-2)6-9(12)16)18-14(19)8-17-15(20)11-4-3-5-23-11/h3-7H,8H2,1-2H3,(H,17,20)(H,18,19). The molecule has 1 heterocycles. The molecule has 0 aliphatic rings. The lowest BCUT2D eigenvalue weighted by Gasteiger charge is -2.13. The van der Waals surface area contributed by atoms with Crippen LogP contribution in [0.2, 0.25) is 5.02 Å². The molecule has 0 radical (unpaired) electrons. The van der Waals surface area contributed by atoms with Crippen LogP contribution in [0.1, 0.15) is 10.6 Å². The van der Waals surface area contributed by atoms with Crippen LogP contribution in [0.15, 0.2) is 34.9 Å². The van der Waals surface area contributed by atoms with Gasteiger partial charge in [0.15, 0.2) is 5.76 Å². The van der Waals surface area contributed by atoms with Gasteiger partial charge in [0.05, 0.1) is 37.7 Å². The molecule has 0 bridgehead atoms. The van der Waals surface area contributed by atoms with Gasteiger partial charge in [-0.2, -0.15) is 0 Å². The summed E-state index contributed by atoms with van der Waals surface area (Å²) in [5.41, 5.74) is 0.381. The van der Waals surface area contributed by atoms with Crippen LogP contribution >= 0.6 is 11.6 Å². The molecule has 0 fully saturated rings. The Balaban J connectivity index is 2.01. The van der Waals surface area contributed by atoms with E-state index in [1.54, 1.807) is 6.07 Å². The highest BCUT2D eigenvalue weighted by Gasteiger charge is 2.14. The summed E-state index contributed by atoms with van der Waals surface area (Å²) in [7, 11) is 2.91. The zero-order chi connectivity index (χ0) is 16.8. The van der Waals surface area contributed by atoms with Crippen LogP contribution in [0.4, 0.5) is 5.69 Å². The van der Waals surface area contributed by atoms with Crippen molar-refractivity contribution in [2.75, 3.05) is 26.1 Å². The first-order valence-electron chi connectivity index (χ1n) is 6.58. The lowest BCUT2D eigenvalue weighted by atomic mass is 10.2. The molecule has 2 aromatic rings. The fourth-order valence-corrected chi connectivity index (χ4v) is 2.04. The van der Waals surface area contributed by atoms with Crippen molar-refractivity contribution in [1.82, 2.24) is 5.32 Å². The smallest absolute Gasteiger partial charge is 0.287 e. The Kier molecular flexibility index (Phi) is 5.48. The number of carbonyl (C=O) groups is 2. The Hall–Kier alpha value is -2.67. The van der Waals surface area contributed by atoms with Gasteiger partial charge in [0.25, 0.3) is 5.91 Å². The molecule has 23 heavy (non-hydrogen) atoms. The number of rotatable bonds is 6. The Labute approximate surface area is 137 Å². The molecule has 0 spiro atoms. The monoisotopic (exact) mass is 338 g/mol. The van der Waals surface area contributed by atoms with Crippen molar-refractivity contribution < 1.29 is 23.5 Å². The fraction of sp³-hybridized carbons (Fsp3) is 0.200. The van der Waals surface area contributed by atoms with Gasteiger partial charge in [-0.3, -0.25) is 9.59 Å². The zero-order valence-electron chi connectivity index (χ0n) is 12.5. The van der Waals surface area contributed by atoms with Gasteiger partial charge in [0.1, 0.15) is 11.5 Å². The number of benzene rings is 1. The predicted molar refractivity (Wildman–Crippen MR) is 84.2 cm³/mol. The summed E-state index contributed by atoms with van der Waals surface area (Å²) in [5, 5.41) is 5.41. The van der Waals surface area contributed by atoms with E-state index in [1.165, 1.54) is 38.7 Å². The minimum Gasteiger partial charge on any atom is -0.495 e. The van der Waals surface area contributed by atoms with E-state index in [2.05, 4.69) is 10.6 Å². The van der Waals surface area contributed by atoms with Gasteiger partial charge in [-0.05, 0) is 12.1 Å². The van der Waals surface area contributed by atoms with E-state index in [1.807, 2.05) is 0 Å². The SMILES string of the molecule is COc1cc(NC(=O)CNC(=O)c2ccco2)c(OC)cc1Cl. The van der Waals surface area contributed by atoms with Crippen molar-refractivity contribution in [3.63, 3.8) is 0 Å². The molecule has 1 aromatic heterocycles. The van der Waals surface area contributed by atoms with E-state index >= 15 is 0 Å². The number of methoxy groups -OCH3 is 2. The number of nitrogens with one attached hydrogen (secondary N) is 2. The third kappa shape index (κ3) is 4.17. The molecular formula is C15H15ClN2O5. The summed E-state index contributed by atoms with van der Waals surface area (Å²) in [5.74, 6) is -0.0224. The molecule has 1 aromatic carbocycles. The maximum atomic E-state index is 12.0. The van der Waals surface area contributed by atoms with Gasteiger partial charge in [-0.15, -0.1) is 0 Å². The lowest BCUT2D eigenvalue weighted by molar-refractivity contribution is -0.115. The van der Waals surface area contributed by atoms with E-state index in [-0.39, 0.29) is 12.3 Å². The van der Waals surface area contributed by atoms with Crippen LogP contribution in [0, 0.1) is 0 Å². The molecule has 122 valence electrons. The van der Waals surface area contributed by atoms with Gasteiger partial charge in [-0.25, -0.2) is 0 Å². The zero-order valence-corrected chi connectivity index (χ0v) is 13.3. The summed E-state index contributed by atoms with van der Waals surface area (Å²) in [6.45, 7) is -0.229.